The second-order valence-corrected chi connectivity index (χ2v) is 6.50. The van der Waals surface area contributed by atoms with Crippen LogP contribution in [-0.2, 0) is 14.3 Å². The Bertz CT molecular complexity index is 844. The third kappa shape index (κ3) is 7.78. The number of nitrogen functional groups attached to an aromatic ring is 1. The van der Waals surface area contributed by atoms with Gasteiger partial charge in [0, 0.05) is 12.6 Å². The fraction of sp³-hybridized carbons (Fsp3) is 0.333. The largest absolute Gasteiger partial charge is 0.450 e. The van der Waals surface area contributed by atoms with E-state index in [-0.39, 0.29) is 18.9 Å². The lowest BCUT2D eigenvalue weighted by atomic mass is 10.1. The molecule has 9 heteroatoms. The van der Waals surface area contributed by atoms with Crippen LogP contribution in [0.15, 0.2) is 48.7 Å². The quantitative estimate of drug-likeness (QED) is 0.349. The molecule has 3 amide bonds. The first-order valence-corrected chi connectivity index (χ1v) is 9.79. The molecule has 1 aromatic heterocycles. The number of carbonyl (C=O) groups is 3. The summed E-state index contributed by atoms with van der Waals surface area (Å²) in [7, 11) is 0. The van der Waals surface area contributed by atoms with Gasteiger partial charge in [0.05, 0.1) is 18.0 Å². The van der Waals surface area contributed by atoms with Gasteiger partial charge >= 0.3 is 6.09 Å². The molecular formula is C21H27N5O4. The molecule has 1 unspecified atom stereocenters. The van der Waals surface area contributed by atoms with Gasteiger partial charge in [-0.15, -0.1) is 0 Å². The number of nitrogens with two attached hydrogens (primary N) is 1. The predicted molar refractivity (Wildman–Crippen MR) is 115 cm³/mol. The van der Waals surface area contributed by atoms with Crippen molar-refractivity contribution < 1.29 is 19.1 Å². The van der Waals surface area contributed by atoms with E-state index in [1.807, 2.05) is 0 Å². The highest BCUT2D eigenvalue weighted by molar-refractivity contribution is 5.96. The molecule has 2 rings (SSSR count). The number of alkyl carbamates (subject to hydrolysis) is 1. The van der Waals surface area contributed by atoms with E-state index in [4.69, 9.17) is 10.5 Å². The first kappa shape index (κ1) is 22.7. The van der Waals surface area contributed by atoms with Crippen LogP contribution in [0.5, 0.6) is 0 Å². The topological polar surface area (TPSA) is 135 Å². The number of ether oxygens (including phenoxy) is 1. The zero-order valence-corrected chi connectivity index (χ0v) is 16.9. The SMILES string of the molecule is CCOC(=O)NC(CCCCC(=O)Nc1ccccc1N)C(=O)Nc1ccccn1. The van der Waals surface area contributed by atoms with E-state index in [9.17, 15) is 14.4 Å². The smallest absolute Gasteiger partial charge is 0.407 e. The lowest BCUT2D eigenvalue weighted by molar-refractivity contribution is -0.118. The summed E-state index contributed by atoms with van der Waals surface area (Å²) in [6.45, 7) is 1.88. The summed E-state index contributed by atoms with van der Waals surface area (Å²) in [4.78, 5) is 40.5. The van der Waals surface area contributed by atoms with Crippen molar-refractivity contribution in [2.75, 3.05) is 23.0 Å². The van der Waals surface area contributed by atoms with Gasteiger partial charge in [-0.3, -0.25) is 9.59 Å². The molecule has 0 aliphatic heterocycles. The Morgan fingerprint density at radius 1 is 1.07 bits per heavy atom. The summed E-state index contributed by atoms with van der Waals surface area (Å²) in [6.07, 6.45) is 2.58. The molecule has 30 heavy (non-hydrogen) atoms. The van der Waals surface area contributed by atoms with E-state index in [0.29, 0.717) is 36.5 Å². The van der Waals surface area contributed by atoms with E-state index >= 15 is 0 Å². The molecule has 0 aliphatic carbocycles. The van der Waals surface area contributed by atoms with Crippen molar-refractivity contribution in [2.24, 2.45) is 0 Å². The number of rotatable bonds is 10. The number of anilines is 3. The molecule has 0 radical (unpaired) electrons. The number of pyridine rings is 1. The molecule has 0 saturated heterocycles. The van der Waals surface area contributed by atoms with Crippen molar-refractivity contribution in [2.45, 2.75) is 38.6 Å². The van der Waals surface area contributed by atoms with Crippen LogP contribution in [0.2, 0.25) is 0 Å². The number of aromatic nitrogens is 1. The summed E-state index contributed by atoms with van der Waals surface area (Å²) < 4.78 is 4.87. The maximum atomic E-state index is 12.5. The summed E-state index contributed by atoms with van der Waals surface area (Å²) in [5, 5.41) is 7.98. The number of hydrogen-bond acceptors (Lipinski definition) is 6. The number of carbonyl (C=O) groups excluding carboxylic acids is 3. The molecule has 0 fully saturated rings. The molecule has 1 atom stereocenters. The van der Waals surface area contributed by atoms with Crippen molar-refractivity contribution in [3.63, 3.8) is 0 Å². The zero-order valence-electron chi connectivity index (χ0n) is 16.9. The molecule has 0 saturated carbocycles. The minimum atomic E-state index is -0.807. The first-order chi connectivity index (χ1) is 14.5. The number of unbranched alkanes of at least 4 members (excludes halogenated alkanes) is 1. The Kier molecular flexibility index (Phi) is 9.11. The van der Waals surface area contributed by atoms with Gasteiger partial charge in [0.25, 0.3) is 0 Å². The predicted octanol–water partition coefficient (Wildman–Crippen LogP) is 2.92. The molecule has 1 heterocycles. The number of hydrogen-bond donors (Lipinski definition) is 4. The number of para-hydroxylation sites is 2. The highest BCUT2D eigenvalue weighted by Gasteiger charge is 2.21. The molecule has 160 valence electrons. The average molecular weight is 413 g/mol. The number of nitrogens with zero attached hydrogens (tertiary/aromatic N) is 1. The lowest BCUT2D eigenvalue weighted by Gasteiger charge is -2.18. The van der Waals surface area contributed by atoms with Crippen molar-refractivity contribution in [1.82, 2.24) is 10.3 Å². The molecule has 2 aromatic rings. The number of nitrogens with one attached hydrogen (secondary N) is 3. The fourth-order valence-electron chi connectivity index (χ4n) is 2.69. The van der Waals surface area contributed by atoms with E-state index in [1.165, 1.54) is 0 Å². The summed E-state index contributed by atoms with van der Waals surface area (Å²) in [5.74, 6) is -0.179. The van der Waals surface area contributed by atoms with E-state index in [1.54, 1.807) is 55.6 Å². The van der Waals surface area contributed by atoms with Crippen LogP contribution in [0.3, 0.4) is 0 Å². The standard InChI is InChI=1S/C21H27N5O4/c1-2-30-21(29)25-17(20(28)26-18-12-7-8-14-23-18)11-5-6-13-19(27)24-16-10-4-3-9-15(16)22/h3-4,7-10,12,14,17H,2,5-6,11,13,22H2,1H3,(H,24,27)(H,25,29)(H,23,26,28). The van der Waals surface area contributed by atoms with E-state index < -0.39 is 18.0 Å². The molecule has 5 N–H and O–H groups in total. The van der Waals surface area contributed by atoms with Gasteiger partial charge in [0.1, 0.15) is 11.9 Å². The molecule has 0 spiro atoms. The van der Waals surface area contributed by atoms with Crippen molar-refractivity contribution in [3.05, 3.63) is 48.7 Å². The van der Waals surface area contributed by atoms with Crippen LogP contribution in [-0.4, -0.2) is 35.5 Å². The Morgan fingerprint density at radius 2 is 1.83 bits per heavy atom. The zero-order chi connectivity index (χ0) is 21.8. The third-order valence-corrected chi connectivity index (χ3v) is 4.18. The normalized spacial score (nSPS) is 11.2. The highest BCUT2D eigenvalue weighted by atomic mass is 16.5. The minimum absolute atomic E-state index is 0.166. The Labute approximate surface area is 175 Å². The van der Waals surface area contributed by atoms with Crippen molar-refractivity contribution in [1.29, 1.82) is 0 Å². The second-order valence-electron chi connectivity index (χ2n) is 6.50. The van der Waals surface area contributed by atoms with Crippen LogP contribution < -0.4 is 21.7 Å². The van der Waals surface area contributed by atoms with E-state index in [2.05, 4.69) is 20.9 Å². The Hall–Kier alpha value is -3.62. The molecule has 0 bridgehead atoms. The van der Waals surface area contributed by atoms with Gasteiger partial charge in [0.2, 0.25) is 11.8 Å². The van der Waals surface area contributed by atoms with Gasteiger partial charge in [-0.25, -0.2) is 9.78 Å². The van der Waals surface area contributed by atoms with Gasteiger partial charge < -0.3 is 26.4 Å². The summed E-state index contributed by atoms with van der Waals surface area (Å²) in [6, 6.07) is 11.3. The van der Waals surface area contributed by atoms with Gasteiger partial charge in [-0.2, -0.15) is 0 Å². The van der Waals surface area contributed by atoms with Crippen molar-refractivity contribution >= 4 is 35.1 Å². The van der Waals surface area contributed by atoms with E-state index in [0.717, 1.165) is 0 Å². The minimum Gasteiger partial charge on any atom is -0.450 e. The molecule has 9 nitrogen and oxygen atoms in total. The molecule has 1 aromatic carbocycles. The third-order valence-electron chi connectivity index (χ3n) is 4.18. The van der Waals surface area contributed by atoms with Crippen LogP contribution in [0.1, 0.15) is 32.6 Å². The average Bonchev–Trinajstić information content (AvgIpc) is 2.73. The second kappa shape index (κ2) is 12.1. The van der Waals surface area contributed by atoms with Crippen LogP contribution >= 0.6 is 0 Å². The Morgan fingerprint density at radius 3 is 2.53 bits per heavy atom. The maximum Gasteiger partial charge on any atom is 0.407 e. The monoisotopic (exact) mass is 413 g/mol. The van der Waals surface area contributed by atoms with Gasteiger partial charge in [-0.05, 0) is 44.0 Å². The molecular weight excluding hydrogens is 386 g/mol. The fourth-order valence-corrected chi connectivity index (χ4v) is 2.69. The summed E-state index contributed by atoms with van der Waals surface area (Å²) in [5.41, 5.74) is 6.88. The van der Waals surface area contributed by atoms with Crippen molar-refractivity contribution in [3.8, 4) is 0 Å². The van der Waals surface area contributed by atoms with Crippen LogP contribution in [0, 0.1) is 0 Å². The summed E-state index contributed by atoms with van der Waals surface area (Å²) >= 11 is 0. The van der Waals surface area contributed by atoms with Crippen LogP contribution in [0.25, 0.3) is 0 Å². The highest BCUT2D eigenvalue weighted by Crippen LogP contribution is 2.17. The number of amides is 3. The number of benzene rings is 1. The maximum absolute atomic E-state index is 12.5. The van der Waals surface area contributed by atoms with Gasteiger partial charge in [0.15, 0.2) is 0 Å². The Balaban J connectivity index is 1.84. The van der Waals surface area contributed by atoms with Gasteiger partial charge in [-0.1, -0.05) is 24.6 Å². The first-order valence-electron chi connectivity index (χ1n) is 9.79. The lowest BCUT2D eigenvalue weighted by Crippen LogP contribution is -2.44. The molecule has 0 aliphatic rings. The van der Waals surface area contributed by atoms with Crippen LogP contribution in [0.4, 0.5) is 22.0 Å².